The molecule has 0 aromatic carbocycles. The molecule has 84 valence electrons. The molecule has 0 saturated carbocycles. The molecule has 0 N–H and O–H groups in total. The molecule has 3 rings (SSSR count). The zero-order chi connectivity index (χ0) is 11.5. The van der Waals surface area contributed by atoms with Crippen molar-refractivity contribution in [2.45, 2.75) is 26.7 Å². The van der Waals surface area contributed by atoms with Crippen molar-refractivity contribution in [3.05, 3.63) is 33.1 Å². The van der Waals surface area contributed by atoms with Gasteiger partial charge < -0.3 is 4.57 Å². The Hall–Kier alpha value is -1.09. The average Bonchev–Trinajstić information content (AvgIpc) is 2.64. The van der Waals surface area contributed by atoms with Crippen molar-refractivity contribution in [1.29, 1.82) is 0 Å². The van der Waals surface area contributed by atoms with Gasteiger partial charge in [0.15, 0.2) is 0 Å². The fourth-order valence-corrected chi connectivity index (χ4v) is 4.14. The molecular weight excluding hydrogens is 218 g/mol. The number of pyridine rings is 1. The number of hydrogen-bond acceptors (Lipinski definition) is 2. The van der Waals surface area contributed by atoms with E-state index in [9.17, 15) is 4.79 Å². The van der Waals surface area contributed by atoms with Crippen LogP contribution in [0.1, 0.15) is 24.3 Å². The highest BCUT2D eigenvalue weighted by molar-refractivity contribution is 7.19. The molecule has 0 aliphatic heterocycles. The molecular formula is C13H15NOS. The van der Waals surface area contributed by atoms with Gasteiger partial charge in [0.25, 0.3) is 5.56 Å². The zero-order valence-corrected chi connectivity index (χ0v) is 10.6. The zero-order valence-electron chi connectivity index (χ0n) is 9.83. The highest BCUT2D eigenvalue weighted by atomic mass is 32.1. The first-order valence-electron chi connectivity index (χ1n) is 5.58. The number of rotatable bonds is 0. The summed E-state index contributed by atoms with van der Waals surface area (Å²) in [5.41, 5.74) is 1.94. The van der Waals surface area contributed by atoms with Gasteiger partial charge in [-0.2, -0.15) is 0 Å². The topological polar surface area (TPSA) is 22.0 Å². The third kappa shape index (κ3) is 1.27. The summed E-state index contributed by atoms with van der Waals surface area (Å²) < 4.78 is 2.60. The van der Waals surface area contributed by atoms with Crippen molar-refractivity contribution in [3.8, 4) is 0 Å². The molecule has 0 atom stereocenters. The molecule has 1 aliphatic carbocycles. The minimum Gasteiger partial charge on any atom is -0.317 e. The number of aromatic nitrogens is 1. The van der Waals surface area contributed by atoms with Crippen LogP contribution >= 0.6 is 11.3 Å². The first-order chi connectivity index (χ1) is 7.48. The fourth-order valence-electron chi connectivity index (χ4n) is 2.59. The van der Waals surface area contributed by atoms with Gasteiger partial charge in [0.1, 0.15) is 4.70 Å². The number of thiophene rings is 1. The monoisotopic (exact) mass is 233 g/mol. The summed E-state index contributed by atoms with van der Waals surface area (Å²) in [5, 5.41) is 1.19. The molecule has 2 aromatic rings. The predicted octanol–water partition coefficient (Wildman–Crippen LogP) is 2.72. The normalized spacial score (nSPS) is 17.9. The largest absolute Gasteiger partial charge is 0.317 e. The number of fused-ring (bicyclic) bond motifs is 3. The van der Waals surface area contributed by atoms with Crippen molar-refractivity contribution in [1.82, 2.24) is 4.57 Å². The Labute approximate surface area is 98.5 Å². The van der Waals surface area contributed by atoms with Gasteiger partial charge in [-0.1, -0.05) is 13.8 Å². The number of hydrogen-bond donors (Lipinski definition) is 0. The summed E-state index contributed by atoms with van der Waals surface area (Å²) in [6.07, 6.45) is 4.10. The maximum atomic E-state index is 12.0. The van der Waals surface area contributed by atoms with E-state index in [2.05, 4.69) is 19.9 Å². The van der Waals surface area contributed by atoms with Crippen molar-refractivity contribution in [2.75, 3.05) is 0 Å². The van der Waals surface area contributed by atoms with Crippen LogP contribution in [0.25, 0.3) is 10.1 Å². The van der Waals surface area contributed by atoms with Gasteiger partial charge in [-0.25, -0.2) is 0 Å². The summed E-state index contributed by atoms with van der Waals surface area (Å²) in [6, 6.07) is 2.09. The summed E-state index contributed by atoms with van der Waals surface area (Å²) >= 11 is 1.70. The Morgan fingerprint density at radius 2 is 2.12 bits per heavy atom. The van der Waals surface area contributed by atoms with E-state index in [-0.39, 0.29) is 5.56 Å². The molecule has 0 spiro atoms. The maximum absolute atomic E-state index is 12.0. The second-order valence-corrected chi connectivity index (χ2v) is 6.60. The molecule has 16 heavy (non-hydrogen) atoms. The smallest absolute Gasteiger partial charge is 0.268 e. The minimum absolute atomic E-state index is 0.148. The van der Waals surface area contributed by atoms with Crippen molar-refractivity contribution >= 4 is 21.4 Å². The molecule has 0 amide bonds. The van der Waals surface area contributed by atoms with Crippen LogP contribution in [0, 0.1) is 5.41 Å². The molecule has 0 unspecified atom stereocenters. The van der Waals surface area contributed by atoms with E-state index in [0.717, 1.165) is 17.5 Å². The summed E-state index contributed by atoms with van der Waals surface area (Å²) in [7, 11) is 1.82. The van der Waals surface area contributed by atoms with Crippen LogP contribution in [0.4, 0.5) is 0 Å². The molecule has 0 saturated heterocycles. The van der Waals surface area contributed by atoms with Crippen LogP contribution in [-0.4, -0.2) is 4.57 Å². The Balaban J connectivity index is 2.33. The van der Waals surface area contributed by atoms with Crippen molar-refractivity contribution in [3.63, 3.8) is 0 Å². The van der Waals surface area contributed by atoms with Gasteiger partial charge in [0.2, 0.25) is 0 Å². The standard InChI is InChI=1S/C13H15NOS/c1-13(2)6-9-8-4-5-14(3)12(15)11(8)16-10(9)7-13/h4-5H,6-7H2,1-3H3. The third-order valence-electron chi connectivity index (χ3n) is 3.41. The van der Waals surface area contributed by atoms with Crippen LogP contribution in [0.15, 0.2) is 17.1 Å². The summed E-state index contributed by atoms with van der Waals surface area (Å²) in [4.78, 5) is 13.4. The van der Waals surface area contributed by atoms with Crippen LogP contribution < -0.4 is 5.56 Å². The second-order valence-electron chi connectivity index (χ2n) is 5.50. The lowest BCUT2D eigenvalue weighted by Gasteiger charge is -2.15. The van der Waals surface area contributed by atoms with Crippen LogP contribution in [0.3, 0.4) is 0 Å². The highest BCUT2D eigenvalue weighted by Crippen LogP contribution is 2.43. The van der Waals surface area contributed by atoms with Crippen molar-refractivity contribution < 1.29 is 0 Å². The number of nitrogens with zero attached hydrogens (tertiary/aromatic N) is 1. The van der Waals surface area contributed by atoms with Gasteiger partial charge in [-0.3, -0.25) is 4.79 Å². The molecule has 3 heteroatoms. The fraction of sp³-hybridized carbons (Fsp3) is 0.462. The lowest BCUT2D eigenvalue weighted by atomic mass is 9.90. The van der Waals surface area contributed by atoms with Crippen LogP contribution in [-0.2, 0) is 19.9 Å². The molecule has 2 aromatic heterocycles. The van der Waals surface area contributed by atoms with E-state index < -0.39 is 0 Å². The van der Waals surface area contributed by atoms with Gasteiger partial charge in [-0.15, -0.1) is 11.3 Å². The Morgan fingerprint density at radius 3 is 2.88 bits per heavy atom. The second kappa shape index (κ2) is 2.98. The molecule has 1 aliphatic rings. The Morgan fingerprint density at radius 1 is 1.38 bits per heavy atom. The molecule has 0 radical (unpaired) electrons. The van der Waals surface area contributed by atoms with Gasteiger partial charge in [-0.05, 0) is 29.9 Å². The summed E-state index contributed by atoms with van der Waals surface area (Å²) in [6.45, 7) is 4.60. The van der Waals surface area contributed by atoms with E-state index in [1.165, 1.54) is 15.8 Å². The van der Waals surface area contributed by atoms with E-state index in [1.807, 2.05) is 13.2 Å². The third-order valence-corrected chi connectivity index (χ3v) is 4.64. The molecule has 0 bridgehead atoms. The minimum atomic E-state index is 0.148. The molecule has 2 heterocycles. The van der Waals surface area contributed by atoms with Crippen LogP contribution in [0.2, 0.25) is 0 Å². The Kier molecular flexibility index (Phi) is 1.88. The summed E-state index contributed by atoms with van der Waals surface area (Å²) in [5.74, 6) is 0. The first-order valence-corrected chi connectivity index (χ1v) is 6.39. The first kappa shape index (κ1) is 10.1. The van der Waals surface area contributed by atoms with Gasteiger partial charge in [0.05, 0.1) is 0 Å². The SMILES string of the molecule is Cn1ccc2c3c(sc2c1=O)CC(C)(C)C3. The molecule has 0 fully saturated rings. The lowest BCUT2D eigenvalue weighted by Crippen LogP contribution is -2.15. The van der Waals surface area contributed by atoms with E-state index in [4.69, 9.17) is 0 Å². The van der Waals surface area contributed by atoms with E-state index in [1.54, 1.807) is 15.9 Å². The molecule has 2 nitrogen and oxygen atoms in total. The average molecular weight is 233 g/mol. The quantitative estimate of drug-likeness (QED) is 0.685. The Bertz CT molecular complexity index is 633. The van der Waals surface area contributed by atoms with Crippen LogP contribution in [0.5, 0.6) is 0 Å². The number of aryl methyl sites for hydroxylation is 1. The van der Waals surface area contributed by atoms with Gasteiger partial charge >= 0.3 is 0 Å². The maximum Gasteiger partial charge on any atom is 0.268 e. The predicted molar refractivity (Wildman–Crippen MR) is 68.3 cm³/mol. The van der Waals surface area contributed by atoms with E-state index in [0.29, 0.717) is 5.41 Å². The lowest BCUT2D eigenvalue weighted by molar-refractivity contribution is 0.394. The van der Waals surface area contributed by atoms with Crippen molar-refractivity contribution in [2.24, 2.45) is 12.5 Å². The van der Waals surface area contributed by atoms with E-state index >= 15 is 0 Å². The van der Waals surface area contributed by atoms with Gasteiger partial charge in [0, 0.05) is 23.5 Å². The highest BCUT2D eigenvalue weighted by Gasteiger charge is 2.32.